The molecule has 0 radical (unpaired) electrons. The standard InChI is InChI=1S/C25H47NO4/c1-5-6-7-8-9-10-11-12-13-14-15-16-17-18-19-20-23(27)25(30,21-24(28)29)22-26(2,3)4/h12-13,30H,5-11,14-22H2,1-4H3/b13-12-. The third-order valence-electron chi connectivity index (χ3n) is 5.36. The number of hydrogen-bond acceptors (Lipinski definition) is 4. The van der Waals surface area contributed by atoms with Gasteiger partial charge in [0, 0.05) is 18.8 Å². The summed E-state index contributed by atoms with van der Waals surface area (Å²) in [6, 6.07) is 0. The van der Waals surface area contributed by atoms with E-state index in [1.807, 2.05) is 21.1 Å². The van der Waals surface area contributed by atoms with Crippen LogP contribution in [0.15, 0.2) is 12.2 Å². The quantitative estimate of drug-likeness (QED) is 0.180. The predicted octanol–water partition coefficient (Wildman–Crippen LogP) is 4.17. The van der Waals surface area contributed by atoms with Gasteiger partial charge in [0.2, 0.25) is 0 Å². The van der Waals surface area contributed by atoms with Gasteiger partial charge in [-0.05, 0) is 32.1 Å². The molecule has 0 aromatic carbocycles. The zero-order chi connectivity index (χ0) is 22.9. The van der Waals surface area contributed by atoms with Crippen molar-refractivity contribution in [2.75, 3.05) is 27.7 Å². The molecule has 5 nitrogen and oxygen atoms in total. The molecule has 0 bridgehead atoms. The average Bonchev–Trinajstić information content (AvgIpc) is 2.62. The summed E-state index contributed by atoms with van der Waals surface area (Å²) in [6.07, 6.45) is 19.5. The zero-order valence-corrected chi connectivity index (χ0v) is 20.1. The molecule has 1 N–H and O–H groups in total. The van der Waals surface area contributed by atoms with Gasteiger partial charge < -0.3 is 19.5 Å². The van der Waals surface area contributed by atoms with Crippen LogP contribution in [-0.2, 0) is 9.59 Å². The van der Waals surface area contributed by atoms with Crippen molar-refractivity contribution >= 4 is 11.8 Å². The van der Waals surface area contributed by atoms with Crippen LogP contribution in [0.25, 0.3) is 0 Å². The number of carbonyl (C=O) groups is 2. The molecule has 0 fully saturated rings. The highest BCUT2D eigenvalue weighted by Gasteiger charge is 2.40. The Kier molecular flexibility index (Phi) is 15.8. The van der Waals surface area contributed by atoms with E-state index in [1.54, 1.807) is 0 Å². The minimum absolute atomic E-state index is 0.0743. The molecule has 30 heavy (non-hydrogen) atoms. The van der Waals surface area contributed by atoms with E-state index in [0.717, 1.165) is 32.1 Å². The number of allylic oxidation sites excluding steroid dienone is 2. The lowest BCUT2D eigenvalue weighted by Crippen LogP contribution is -2.56. The maximum atomic E-state index is 12.5. The number of quaternary nitrogens is 1. The van der Waals surface area contributed by atoms with Crippen LogP contribution in [0.1, 0.15) is 103 Å². The number of likely N-dealkylation sites (N-methyl/N-ethyl adjacent to an activating group) is 1. The smallest absolute Gasteiger partial charge is 0.177 e. The fraction of sp³-hybridized carbons (Fsp3) is 0.840. The maximum Gasteiger partial charge on any atom is 0.177 e. The Bertz CT molecular complexity index is 496. The number of aliphatic hydroxyl groups is 1. The van der Waals surface area contributed by atoms with Gasteiger partial charge in [0.25, 0.3) is 0 Å². The molecule has 0 rings (SSSR count). The largest absolute Gasteiger partial charge is 0.550 e. The van der Waals surface area contributed by atoms with Crippen molar-refractivity contribution in [3.8, 4) is 0 Å². The second-order valence-corrected chi connectivity index (χ2v) is 9.79. The number of ketones is 1. The lowest BCUT2D eigenvalue weighted by molar-refractivity contribution is -0.875. The van der Waals surface area contributed by atoms with Crippen LogP contribution in [0.5, 0.6) is 0 Å². The molecule has 1 atom stereocenters. The predicted molar refractivity (Wildman–Crippen MR) is 122 cm³/mol. The van der Waals surface area contributed by atoms with Crippen LogP contribution in [-0.4, -0.2) is 54.6 Å². The van der Waals surface area contributed by atoms with Gasteiger partial charge in [0.15, 0.2) is 11.4 Å². The highest BCUT2D eigenvalue weighted by molar-refractivity contribution is 5.90. The molecule has 0 amide bonds. The molecular weight excluding hydrogens is 378 g/mol. The summed E-state index contributed by atoms with van der Waals surface area (Å²) >= 11 is 0. The Morgan fingerprint density at radius 3 is 1.77 bits per heavy atom. The van der Waals surface area contributed by atoms with E-state index in [0.29, 0.717) is 10.9 Å². The molecule has 0 spiro atoms. The fourth-order valence-electron chi connectivity index (χ4n) is 3.86. The molecule has 0 saturated heterocycles. The van der Waals surface area contributed by atoms with E-state index in [1.165, 1.54) is 44.9 Å². The highest BCUT2D eigenvalue weighted by atomic mass is 16.4. The Morgan fingerprint density at radius 1 is 0.833 bits per heavy atom. The summed E-state index contributed by atoms with van der Waals surface area (Å²) in [5, 5.41) is 21.6. The Balaban J connectivity index is 3.84. The van der Waals surface area contributed by atoms with Crippen molar-refractivity contribution in [2.24, 2.45) is 0 Å². The summed E-state index contributed by atoms with van der Waals surface area (Å²) in [4.78, 5) is 23.4. The number of carboxylic acids is 1. The Hall–Kier alpha value is -1.20. The summed E-state index contributed by atoms with van der Waals surface area (Å²) in [5.41, 5.74) is -1.84. The third kappa shape index (κ3) is 16.6. The molecule has 0 aliphatic heterocycles. The lowest BCUT2D eigenvalue weighted by Gasteiger charge is -2.34. The molecule has 0 saturated carbocycles. The first-order valence-corrected chi connectivity index (χ1v) is 12.0. The van der Waals surface area contributed by atoms with Crippen LogP contribution in [0.4, 0.5) is 0 Å². The molecule has 176 valence electrons. The lowest BCUT2D eigenvalue weighted by atomic mass is 9.89. The first-order valence-electron chi connectivity index (χ1n) is 12.0. The van der Waals surface area contributed by atoms with Gasteiger partial charge in [-0.25, -0.2) is 0 Å². The molecule has 0 heterocycles. The van der Waals surface area contributed by atoms with Gasteiger partial charge in [0.1, 0.15) is 6.54 Å². The van der Waals surface area contributed by atoms with Gasteiger partial charge in [-0.2, -0.15) is 0 Å². The van der Waals surface area contributed by atoms with Crippen LogP contribution in [0.2, 0.25) is 0 Å². The molecular formula is C25H47NO4. The van der Waals surface area contributed by atoms with Crippen LogP contribution in [0.3, 0.4) is 0 Å². The van der Waals surface area contributed by atoms with E-state index in [-0.39, 0.29) is 18.7 Å². The topological polar surface area (TPSA) is 77.4 Å². The summed E-state index contributed by atoms with van der Waals surface area (Å²) in [7, 11) is 5.49. The van der Waals surface area contributed by atoms with Crippen molar-refractivity contribution in [1.82, 2.24) is 0 Å². The number of carboxylic acid groups (broad SMARTS) is 1. The van der Waals surface area contributed by atoms with Gasteiger partial charge >= 0.3 is 0 Å². The van der Waals surface area contributed by atoms with E-state index >= 15 is 0 Å². The number of unbranched alkanes of at least 4 members (excludes halogenated alkanes) is 11. The monoisotopic (exact) mass is 425 g/mol. The summed E-state index contributed by atoms with van der Waals surface area (Å²) < 4.78 is 0.321. The van der Waals surface area contributed by atoms with Crippen molar-refractivity contribution in [2.45, 2.75) is 109 Å². The first-order chi connectivity index (χ1) is 14.1. The SMILES string of the molecule is CCCCCCCC/C=C\CCCCCCCC(=O)C(O)(CC(=O)[O-])C[N+](C)(C)C. The molecule has 0 aromatic rings. The van der Waals surface area contributed by atoms with Crippen LogP contribution < -0.4 is 5.11 Å². The van der Waals surface area contributed by atoms with Gasteiger partial charge in [-0.3, -0.25) is 4.79 Å². The van der Waals surface area contributed by atoms with Crippen molar-refractivity contribution in [3.05, 3.63) is 12.2 Å². The van der Waals surface area contributed by atoms with Crippen molar-refractivity contribution in [3.63, 3.8) is 0 Å². The Labute approximate surface area is 185 Å². The number of nitrogens with zero attached hydrogens (tertiary/aromatic N) is 1. The maximum absolute atomic E-state index is 12.5. The van der Waals surface area contributed by atoms with Crippen LogP contribution in [0, 0.1) is 0 Å². The minimum atomic E-state index is -1.84. The van der Waals surface area contributed by atoms with Gasteiger partial charge in [-0.1, -0.05) is 70.4 Å². The summed E-state index contributed by atoms with van der Waals surface area (Å²) in [5.74, 6) is -1.76. The zero-order valence-electron chi connectivity index (χ0n) is 20.1. The van der Waals surface area contributed by atoms with Crippen molar-refractivity contribution < 1.29 is 24.3 Å². The number of aliphatic carboxylic acids is 1. The van der Waals surface area contributed by atoms with Gasteiger partial charge in [-0.15, -0.1) is 0 Å². The fourth-order valence-corrected chi connectivity index (χ4v) is 3.86. The van der Waals surface area contributed by atoms with Crippen LogP contribution >= 0.6 is 0 Å². The number of rotatable bonds is 20. The molecule has 5 heteroatoms. The second kappa shape index (κ2) is 16.5. The molecule has 0 aliphatic carbocycles. The highest BCUT2D eigenvalue weighted by Crippen LogP contribution is 2.19. The average molecular weight is 426 g/mol. The number of hydrogen-bond donors (Lipinski definition) is 1. The molecule has 1 unspecified atom stereocenters. The van der Waals surface area contributed by atoms with Crippen molar-refractivity contribution in [1.29, 1.82) is 0 Å². The number of Topliss-reactive ketones (excluding diaryl/α,β-unsaturated/α-hetero) is 1. The Morgan fingerprint density at radius 2 is 1.30 bits per heavy atom. The van der Waals surface area contributed by atoms with E-state index in [9.17, 15) is 19.8 Å². The third-order valence-corrected chi connectivity index (χ3v) is 5.36. The first kappa shape index (κ1) is 28.8. The second-order valence-electron chi connectivity index (χ2n) is 9.79. The molecule has 0 aromatic heterocycles. The molecule has 0 aliphatic rings. The minimum Gasteiger partial charge on any atom is -0.550 e. The van der Waals surface area contributed by atoms with E-state index < -0.39 is 18.0 Å². The van der Waals surface area contributed by atoms with Gasteiger partial charge in [0.05, 0.1) is 21.1 Å². The number of carbonyl (C=O) groups excluding carboxylic acids is 2. The van der Waals surface area contributed by atoms with E-state index in [4.69, 9.17) is 0 Å². The summed E-state index contributed by atoms with van der Waals surface area (Å²) in [6.45, 7) is 2.32. The van der Waals surface area contributed by atoms with E-state index in [2.05, 4.69) is 19.1 Å². The normalized spacial score (nSPS) is 14.2.